The summed E-state index contributed by atoms with van der Waals surface area (Å²) in [6.45, 7) is 4.72. The van der Waals surface area contributed by atoms with E-state index in [-0.39, 0.29) is 41.6 Å². The van der Waals surface area contributed by atoms with Gasteiger partial charge in [-0.15, -0.1) is 0 Å². The van der Waals surface area contributed by atoms with E-state index in [1.54, 1.807) is 4.90 Å². The third-order valence-electron chi connectivity index (χ3n) is 5.25. The van der Waals surface area contributed by atoms with Crippen molar-refractivity contribution in [3.05, 3.63) is 29.3 Å². The monoisotopic (exact) mass is 364 g/mol. The molecule has 25 heavy (non-hydrogen) atoms. The molecule has 2 saturated heterocycles. The Balaban J connectivity index is 1.60. The van der Waals surface area contributed by atoms with Gasteiger partial charge in [0.2, 0.25) is 11.8 Å². The number of hydrogen-bond acceptors (Lipinski definition) is 4. The molecule has 0 aliphatic carbocycles. The quantitative estimate of drug-likeness (QED) is 0.870. The fourth-order valence-electron chi connectivity index (χ4n) is 3.57. The van der Waals surface area contributed by atoms with E-state index in [0.29, 0.717) is 19.5 Å². The van der Waals surface area contributed by atoms with Crippen molar-refractivity contribution in [2.45, 2.75) is 26.7 Å². The molecule has 2 heterocycles. The van der Waals surface area contributed by atoms with E-state index in [1.807, 2.05) is 32.0 Å². The van der Waals surface area contributed by atoms with E-state index in [1.165, 1.54) is 0 Å². The molecule has 0 bridgehead atoms. The Labute approximate surface area is 148 Å². The molecular weight excluding hydrogens is 340 g/mol. The number of nitrogens with one attached hydrogen (secondary N) is 1. The smallest absolute Gasteiger partial charge is 0.227 e. The maximum atomic E-state index is 12.4. The summed E-state index contributed by atoms with van der Waals surface area (Å²) in [7, 11) is -2.94. The first-order valence-electron chi connectivity index (χ1n) is 8.61. The Morgan fingerprint density at radius 2 is 2.08 bits per heavy atom. The summed E-state index contributed by atoms with van der Waals surface area (Å²) in [5.74, 6) is -0.254. The zero-order valence-electron chi connectivity index (χ0n) is 14.6. The summed E-state index contributed by atoms with van der Waals surface area (Å²) in [6.07, 6.45) is 0.795. The SMILES string of the molecule is Cc1cccc(N2C[C@@H](C(=O)NC[C@@H]3CCS(=O)(=O)C3)CC2=O)c1C. The minimum absolute atomic E-state index is 0.0128. The molecule has 2 amide bonds. The summed E-state index contributed by atoms with van der Waals surface area (Å²) in [5, 5.41) is 2.84. The van der Waals surface area contributed by atoms with Crippen LogP contribution in [0.5, 0.6) is 0 Å². The second-order valence-corrected chi connectivity index (χ2v) is 9.37. The van der Waals surface area contributed by atoms with Gasteiger partial charge < -0.3 is 10.2 Å². The molecule has 2 atom stereocenters. The van der Waals surface area contributed by atoms with Crippen molar-refractivity contribution in [2.24, 2.45) is 11.8 Å². The molecule has 1 aromatic carbocycles. The Kier molecular flexibility index (Phi) is 4.86. The highest BCUT2D eigenvalue weighted by Crippen LogP contribution is 2.29. The normalized spacial score (nSPS) is 25.4. The fourth-order valence-corrected chi connectivity index (χ4v) is 5.43. The van der Waals surface area contributed by atoms with Crippen molar-refractivity contribution in [2.75, 3.05) is 29.5 Å². The number of carbonyl (C=O) groups is 2. The van der Waals surface area contributed by atoms with Crippen LogP contribution in [0.3, 0.4) is 0 Å². The van der Waals surface area contributed by atoms with E-state index in [4.69, 9.17) is 0 Å². The first-order valence-corrected chi connectivity index (χ1v) is 10.4. The van der Waals surface area contributed by atoms with E-state index < -0.39 is 9.84 Å². The van der Waals surface area contributed by atoms with Gasteiger partial charge in [-0.2, -0.15) is 0 Å². The van der Waals surface area contributed by atoms with Crippen LogP contribution in [-0.2, 0) is 19.4 Å². The molecule has 0 unspecified atom stereocenters. The van der Waals surface area contributed by atoms with Gasteiger partial charge in [-0.3, -0.25) is 9.59 Å². The fraction of sp³-hybridized carbons (Fsp3) is 0.556. The Bertz CT molecular complexity index is 803. The van der Waals surface area contributed by atoms with Crippen LogP contribution in [0.4, 0.5) is 5.69 Å². The average molecular weight is 364 g/mol. The molecule has 0 saturated carbocycles. The lowest BCUT2D eigenvalue weighted by molar-refractivity contribution is -0.126. The van der Waals surface area contributed by atoms with E-state index in [0.717, 1.165) is 16.8 Å². The number of aryl methyl sites for hydroxylation is 1. The first-order chi connectivity index (χ1) is 11.8. The van der Waals surface area contributed by atoms with Crippen LogP contribution in [0.1, 0.15) is 24.0 Å². The van der Waals surface area contributed by atoms with Crippen LogP contribution >= 0.6 is 0 Å². The lowest BCUT2D eigenvalue weighted by atomic mass is 10.1. The van der Waals surface area contributed by atoms with Crippen LogP contribution in [0.2, 0.25) is 0 Å². The highest BCUT2D eigenvalue weighted by atomic mass is 32.2. The third-order valence-corrected chi connectivity index (χ3v) is 7.09. The summed E-state index contributed by atoms with van der Waals surface area (Å²) in [5.41, 5.74) is 3.02. The Hall–Kier alpha value is -1.89. The number of hydrogen-bond donors (Lipinski definition) is 1. The predicted molar refractivity (Wildman–Crippen MR) is 96.1 cm³/mol. The topological polar surface area (TPSA) is 83.6 Å². The summed E-state index contributed by atoms with van der Waals surface area (Å²) in [6, 6.07) is 5.82. The van der Waals surface area contributed by atoms with Gasteiger partial charge in [-0.05, 0) is 43.4 Å². The molecule has 2 aliphatic heterocycles. The second-order valence-electron chi connectivity index (χ2n) is 7.14. The average Bonchev–Trinajstić information content (AvgIpc) is 3.10. The molecule has 3 rings (SSSR count). The molecule has 136 valence electrons. The van der Waals surface area contributed by atoms with Crippen molar-refractivity contribution in [1.82, 2.24) is 5.32 Å². The highest BCUT2D eigenvalue weighted by molar-refractivity contribution is 7.91. The van der Waals surface area contributed by atoms with Crippen LogP contribution in [0.15, 0.2) is 18.2 Å². The van der Waals surface area contributed by atoms with Gasteiger partial charge in [0.05, 0.1) is 17.4 Å². The van der Waals surface area contributed by atoms with Gasteiger partial charge in [0.1, 0.15) is 0 Å². The van der Waals surface area contributed by atoms with Gasteiger partial charge in [-0.25, -0.2) is 8.42 Å². The van der Waals surface area contributed by atoms with Gasteiger partial charge >= 0.3 is 0 Å². The number of anilines is 1. The molecule has 1 N–H and O–H groups in total. The summed E-state index contributed by atoms with van der Waals surface area (Å²) < 4.78 is 23.0. The van der Waals surface area contributed by atoms with Crippen molar-refractivity contribution >= 4 is 27.3 Å². The summed E-state index contributed by atoms with van der Waals surface area (Å²) in [4.78, 5) is 26.5. The van der Waals surface area contributed by atoms with Gasteiger partial charge in [0, 0.05) is 25.2 Å². The molecule has 1 aromatic rings. The van der Waals surface area contributed by atoms with Crippen molar-refractivity contribution in [3.8, 4) is 0 Å². The standard InChI is InChI=1S/C18H24N2O4S/c1-12-4-3-5-16(13(12)2)20-10-15(8-17(20)21)18(22)19-9-14-6-7-25(23,24)11-14/h3-5,14-15H,6-11H2,1-2H3,(H,19,22)/t14-,15-/m0/s1. The second kappa shape index (κ2) is 6.78. The molecular formula is C18H24N2O4S. The van der Waals surface area contributed by atoms with Crippen LogP contribution < -0.4 is 10.2 Å². The largest absolute Gasteiger partial charge is 0.355 e. The minimum atomic E-state index is -2.94. The molecule has 2 fully saturated rings. The molecule has 2 aliphatic rings. The van der Waals surface area contributed by atoms with Gasteiger partial charge in [-0.1, -0.05) is 12.1 Å². The molecule has 7 heteroatoms. The molecule has 0 radical (unpaired) electrons. The first kappa shape index (κ1) is 17.9. The number of amides is 2. The number of rotatable bonds is 4. The third kappa shape index (κ3) is 3.86. The maximum Gasteiger partial charge on any atom is 0.227 e. The number of nitrogens with zero attached hydrogens (tertiary/aromatic N) is 1. The molecule has 6 nitrogen and oxygen atoms in total. The van der Waals surface area contributed by atoms with Crippen molar-refractivity contribution < 1.29 is 18.0 Å². The maximum absolute atomic E-state index is 12.4. The highest BCUT2D eigenvalue weighted by Gasteiger charge is 2.36. The van der Waals surface area contributed by atoms with Crippen LogP contribution in [0, 0.1) is 25.7 Å². The zero-order chi connectivity index (χ0) is 18.2. The van der Waals surface area contributed by atoms with Crippen molar-refractivity contribution in [1.29, 1.82) is 0 Å². The molecule has 0 aromatic heterocycles. The van der Waals surface area contributed by atoms with Gasteiger partial charge in [0.25, 0.3) is 0 Å². The van der Waals surface area contributed by atoms with Crippen molar-refractivity contribution in [3.63, 3.8) is 0 Å². The van der Waals surface area contributed by atoms with E-state index in [2.05, 4.69) is 5.32 Å². The lowest BCUT2D eigenvalue weighted by Gasteiger charge is -2.20. The minimum Gasteiger partial charge on any atom is -0.355 e. The van der Waals surface area contributed by atoms with E-state index >= 15 is 0 Å². The van der Waals surface area contributed by atoms with Crippen LogP contribution in [0.25, 0.3) is 0 Å². The van der Waals surface area contributed by atoms with Crippen LogP contribution in [-0.4, -0.2) is 44.8 Å². The predicted octanol–water partition coefficient (Wildman–Crippen LogP) is 1.21. The summed E-state index contributed by atoms with van der Waals surface area (Å²) >= 11 is 0. The van der Waals surface area contributed by atoms with E-state index in [9.17, 15) is 18.0 Å². The Morgan fingerprint density at radius 3 is 2.76 bits per heavy atom. The number of carbonyl (C=O) groups excluding carboxylic acids is 2. The lowest BCUT2D eigenvalue weighted by Crippen LogP contribution is -2.36. The molecule has 0 spiro atoms. The number of benzene rings is 1. The zero-order valence-corrected chi connectivity index (χ0v) is 15.4. The Morgan fingerprint density at radius 1 is 1.32 bits per heavy atom. The number of sulfone groups is 1. The van der Waals surface area contributed by atoms with Gasteiger partial charge in [0.15, 0.2) is 9.84 Å².